The molecule has 196 valence electrons. The van der Waals surface area contributed by atoms with Crippen molar-refractivity contribution in [2.24, 2.45) is 0 Å². The second-order valence-electron chi connectivity index (χ2n) is 10.5. The Morgan fingerprint density at radius 2 is 1.00 bits per heavy atom. The van der Waals surface area contributed by atoms with Gasteiger partial charge < -0.3 is 0 Å². The molecule has 5 aromatic carbocycles. The predicted molar refractivity (Wildman–Crippen MR) is 174 cm³/mol. The molecule has 0 saturated heterocycles. The molecule has 0 aliphatic carbocycles. The molecule has 0 unspecified atom stereocenters. The first-order valence-electron chi connectivity index (χ1n) is 14.1. The van der Waals surface area contributed by atoms with Crippen LogP contribution in [0.1, 0.15) is 0 Å². The largest absolute Gasteiger partial charge is 0.255 e. The molecule has 3 aromatic heterocycles. The predicted octanol–water partition coefficient (Wildman–Crippen LogP) is 10.00. The van der Waals surface area contributed by atoms with E-state index in [9.17, 15) is 0 Å². The summed E-state index contributed by atoms with van der Waals surface area (Å²) >= 11 is 0. The van der Waals surface area contributed by atoms with Crippen LogP contribution in [0.4, 0.5) is 0 Å². The van der Waals surface area contributed by atoms with Crippen LogP contribution in [0.5, 0.6) is 0 Å². The van der Waals surface area contributed by atoms with Crippen LogP contribution in [-0.4, -0.2) is 15.0 Å². The Morgan fingerprint density at radius 3 is 1.79 bits per heavy atom. The average Bonchev–Trinajstić information content (AvgIpc) is 3.08. The van der Waals surface area contributed by atoms with E-state index in [-0.39, 0.29) is 0 Å². The van der Waals surface area contributed by atoms with E-state index in [0.717, 1.165) is 50.5 Å². The molecule has 0 N–H and O–H groups in total. The molecule has 0 aliphatic heterocycles. The van der Waals surface area contributed by atoms with Gasteiger partial charge in [-0.1, -0.05) is 115 Å². The standard InChI is InChI=1S/C39H25N3/c1-2-9-31-28(8-1)23-24-33-38(31)32-10-3-4-11-35(32)42-39(33)30-21-17-27(18-22-30)26-15-19-29(20-16-26)34-13-7-14-37(41-34)36-12-5-6-25-40-36/h1-25H. The summed E-state index contributed by atoms with van der Waals surface area (Å²) in [6.45, 7) is 0. The lowest BCUT2D eigenvalue weighted by Gasteiger charge is -2.13. The van der Waals surface area contributed by atoms with E-state index in [1.807, 2.05) is 36.4 Å². The lowest BCUT2D eigenvalue weighted by molar-refractivity contribution is 1.25. The second kappa shape index (κ2) is 10.1. The zero-order chi connectivity index (χ0) is 27.9. The van der Waals surface area contributed by atoms with Crippen molar-refractivity contribution in [3.05, 3.63) is 152 Å². The average molecular weight is 536 g/mol. The minimum atomic E-state index is 0.871. The molecule has 0 amide bonds. The van der Waals surface area contributed by atoms with Gasteiger partial charge in [-0.2, -0.15) is 0 Å². The van der Waals surface area contributed by atoms with E-state index in [1.165, 1.54) is 26.9 Å². The maximum Gasteiger partial charge on any atom is 0.0893 e. The van der Waals surface area contributed by atoms with Gasteiger partial charge in [-0.15, -0.1) is 0 Å². The van der Waals surface area contributed by atoms with Crippen LogP contribution in [-0.2, 0) is 0 Å². The fourth-order valence-electron chi connectivity index (χ4n) is 5.85. The van der Waals surface area contributed by atoms with E-state index in [2.05, 4.69) is 114 Å². The van der Waals surface area contributed by atoms with Crippen molar-refractivity contribution in [2.45, 2.75) is 0 Å². The lowest BCUT2D eigenvalue weighted by Crippen LogP contribution is -1.91. The van der Waals surface area contributed by atoms with E-state index >= 15 is 0 Å². The number of pyridine rings is 3. The van der Waals surface area contributed by atoms with Crippen LogP contribution in [0.2, 0.25) is 0 Å². The Hall–Kier alpha value is -5.67. The van der Waals surface area contributed by atoms with Crippen molar-refractivity contribution >= 4 is 32.4 Å². The molecule has 42 heavy (non-hydrogen) atoms. The first-order valence-corrected chi connectivity index (χ1v) is 14.1. The first-order chi connectivity index (χ1) is 20.8. The van der Waals surface area contributed by atoms with E-state index < -0.39 is 0 Å². The maximum absolute atomic E-state index is 5.15. The van der Waals surface area contributed by atoms with Gasteiger partial charge in [0.2, 0.25) is 0 Å². The zero-order valence-electron chi connectivity index (χ0n) is 22.8. The second-order valence-corrected chi connectivity index (χ2v) is 10.5. The third-order valence-corrected chi connectivity index (χ3v) is 7.94. The van der Waals surface area contributed by atoms with Crippen molar-refractivity contribution in [1.82, 2.24) is 15.0 Å². The van der Waals surface area contributed by atoms with Gasteiger partial charge >= 0.3 is 0 Å². The van der Waals surface area contributed by atoms with Crippen LogP contribution in [0.3, 0.4) is 0 Å². The van der Waals surface area contributed by atoms with Gasteiger partial charge in [-0.05, 0) is 52.2 Å². The molecule has 3 heterocycles. The summed E-state index contributed by atoms with van der Waals surface area (Å²) in [7, 11) is 0. The van der Waals surface area contributed by atoms with Crippen molar-refractivity contribution in [2.75, 3.05) is 0 Å². The summed E-state index contributed by atoms with van der Waals surface area (Å²) in [4.78, 5) is 14.4. The Bertz CT molecular complexity index is 2200. The van der Waals surface area contributed by atoms with E-state index in [0.29, 0.717) is 0 Å². The zero-order valence-corrected chi connectivity index (χ0v) is 22.8. The minimum Gasteiger partial charge on any atom is -0.255 e. The number of aromatic nitrogens is 3. The van der Waals surface area contributed by atoms with Gasteiger partial charge in [0, 0.05) is 33.5 Å². The SMILES string of the molecule is c1ccc(-c2cccc(-c3ccc(-c4ccc(-c5nc6ccccc6c6c5ccc5ccccc56)cc4)cc3)n2)nc1. The highest BCUT2D eigenvalue weighted by Crippen LogP contribution is 2.37. The first kappa shape index (κ1) is 24.2. The van der Waals surface area contributed by atoms with Crippen molar-refractivity contribution in [3.8, 4) is 45.0 Å². The highest BCUT2D eigenvalue weighted by atomic mass is 14.8. The van der Waals surface area contributed by atoms with Crippen LogP contribution in [0.25, 0.3) is 77.5 Å². The molecule has 8 rings (SSSR count). The summed E-state index contributed by atoms with van der Waals surface area (Å²) in [5, 5.41) is 6.11. The van der Waals surface area contributed by atoms with Crippen molar-refractivity contribution in [1.29, 1.82) is 0 Å². The van der Waals surface area contributed by atoms with Gasteiger partial charge in [0.25, 0.3) is 0 Å². The molecule has 8 aromatic rings. The van der Waals surface area contributed by atoms with E-state index in [4.69, 9.17) is 9.97 Å². The highest BCUT2D eigenvalue weighted by Gasteiger charge is 2.13. The molecule has 0 fully saturated rings. The number of hydrogen-bond acceptors (Lipinski definition) is 3. The quantitative estimate of drug-likeness (QED) is 0.211. The lowest BCUT2D eigenvalue weighted by atomic mass is 9.94. The monoisotopic (exact) mass is 535 g/mol. The Labute approximate surface area is 243 Å². The smallest absolute Gasteiger partial charge is 0.0893 e. The molecule has 3 nitrogen and oxygen atoms in total. The van der Waals surface area contributed by atoms with Gasteiger partial charge in [-0.3, -0.25) is 4.98 Å². The summed E-state index contributed by atoms with van der Waals surface area (Å²) < 4.78 is 0. The molecule has 0 aliphatic rings. The normalized spacial score (nSPS) is 11.3. The van der Waals surface area contributed by atoms with Gasteiger partial charge in [-0.25, -0.2) is 9.97 Å². The number of hydrogen-bond donors (Lipinski definition) is 0. The Kier molecular flexibility index (Phi) is 5.79. The Morgan fingerprint density at radius 1 is 0.357 bits per heavy atom. The number of benzene rings is 5. The minimum absolute atomic E-state index is 0.871. The molecule has 0 bridgehead atoms. The van der Waals surface area contributed by atoms with Gasteiger partial charge in [0.15, 0.2) is 0 Å². The summed E-state index contributed by atoms with van der Waals surface area (Å²) in [5.41, 5.74) is 9.20. The van der Waals surface area contributed by atoms with Crippen molar-refractivity contribution < 1.29 is 0 Å². The molecule has 3 heteroatoms. The van der Waals surface area contributed by atoms with Crippen LogP contribution < -0.4 is 0 Å². The van der Waals surface area contributed by atoms with Crippen molar-refractivity contribution in [3.63, 3.8) is 0 Å². The fraction of sp³-hybridized carbons (Fsp3) is 0. The molecule has 0 spiro atoms. The van der Waals surface area contributed by atoms with Crippen LogP contribution in [0.15, 0.2) is 152 Å². The summed E-state index contributed by atoms with van der Waals surface area (Å²) in [6, 6.07) is 50.8. The number of fused-ring (bicyclic) bond motifs is 5. The molecule has 0 saturated carbocycles. The third-order valence-electron chi connectivity index (χ3n) is 7.94. The number of rotatable bonds is 4. The summed E-state index contributed by atoms with van der Waals surface area (Å²) in [5.74, 6) is 0. The van der Waals surface area contributed by atoms with Crippen LogP contribution in [0, 0.1) is 0 Å². The molecule has 0 radical (unpaired) electrons. The van der Waals surface area contributed by atoms with Gasteiger partial charge in [0.1, 0.15) is 0 Å². The van der Waals surface area contributed by atoms with E-state index in [1.54, 1.807) is 6.20 Å². The number of para-hydroxylation sites is 1. The molecular weight excluding hydrogens is 510 g/mol. The Balaban J connectivity index is 1.15. The molecular formula is C39H25N3. The van der Waals surface area contributed by atoms with Crippen LogP contribution >= 0.6 is 0 Å². The maximum atomic E-state index is 5.15. The topological polar surface area (TPSA) is 38.7 Å². The summed E-state index contributed by atoms with van der Waals surface area (Å²) in [6.07, 6.45) is 1.80. The number of nitrogens with zero attached hydrogens (tertiary/aromatic N) is 3. The third kappa shape index (κ3) is 4.20. The highest BCUT2D eigenvalue weighted by molar-refractivity contribution is 6.22. The van der Waals surface area contributed by atoms with Gasteiger partial charge in [0.05, 0.1) is 28.3 Å². The molecule has 0 atom stereocenters. The fourth-order valence-corrected chi connectivity index (χ4v) is 5.85.